The van der Waals surface area contributed by atoms with Gasteiger partial charge in [0, 0.05) is 0 Å². The summed E-state index contributed by atoms with van der Waals surface area (Å²) in [6, 6.07) is 20.5. The van der Waals surface area contributed by atoms with E-state index >= 15 is 0 Å². The molecule has 1 heterocycles. The Kier molecular flexibility index (Phi) is 5.21. The zero-order chi connectivity index (χ0) is 17.5. The molecular formula is C19H18N4O2. The molecular weight excluding hydrogens is 316 g/mol. The fourth-order valence-electron chi connectivity index (χ4n) is 2.32. The molecule has 0 aliphatic heterocycles. The second-order valence-electron chi connectivity index (χ2n) is 5.34. The lowest BCUT2D eigenvalue weighted by molar-refractivity contribution is -0.115. The lowest BCUT2D eigenvalue weighted by atomic mass is 10.1. The predicted molar refractivity (Wildman–Crippen MR) is 97.1 cm³/mol. The van der Waals surface area contributed by atoms with E-state index in [-0.39, 0.29) is 5.91 Å². The number of ether oxygens (including phenoxy) is 1. The van der Waals surface area contributed by atoms with Crippen molar-refractivity contribution >= 4 is 23.2 Å². The first-order valence-corrected chi connectivity index (χ1v) is 7.82. The summed E-state index contributed by atoms with van der Waals surface area (Å²) in [5.74, 6) is 1.55. The Labute approximate surface area is 145 Å². The van der Waals surface area contributed by atoms with E-state index in [9.17, 15) is 4.79 Å². The number of aromatic nitrogens is 2. The summed E-state index contributed by atoms with van der Waals surface area (Å²) < 4.78 is 5.28. The quantitative estimate of drug-likeness (QED) is 0.722. The Bertz CT molecular complexity index is 836. The topological polar surface area (TPSA) is 76.1 Å². The third kappa shape index (κ3) is 4.54. The lowest BCUT2D eigenvalue weighted by Crippen LogP contribution is -2.15. The minimum absolute atomic E-state index is 0.133. The number of nitrogens with one attached hydrogen (secondary N) is 2. The number of amides is 1. The van der Waals surface area contributed by atoms with Crippen molar-refractivity contribution in [3.8, 4) is 5.75 Å². The van der Waals surface area contributed by atoms with Gasteiger partial charge in [0.15, 0.2) is 11.6 Å². The molecule has 1 aromatic heterocycles. The zero-order valence-corrected chi connectivity index (χ0v) is 13.8. The number of carbonyl (C=O) groups excluding carboxylic acids is 1. The summed E-state index contributed by atoms with van der Waals surface area (Å²) in [6.45, 7) is 0. The fraction of sp³-hybridized carbons (Fsp3) is 0.105. The number of rotatable bonds is 6. The highest BCUT2D eigenvalue weighted by Crippen LogP contribution is 2.26. The van der Waals surface area contributed by atoms with E-state index < -0.39 is 0 Å². The number of hydrogen-bond acceptors (Lipinski definition) is 5. The summed E-state index contributed by atoms with van der Waals surface area (Å²) >= 11 is 0. The van der Waals surface area contributed by atoms with Gasteiger partial charge in [-0.2, -0.15) is 0 Å². The number of hydrogen-bond donors (Lipinski definition) is 2. The predicted octanol–water partition coefficient (Wildman–Crippen LogP) is 3.41. The largest absolute Gasteiger partial charge is 0.495 e. The van der Waals surface area contributed by atoms with E-state index in [2.05, 4.69) is 20.8 Å². The minimum atomic E-state index is -0.133. The number of benzene rings is 2. The van der Waals surface area contributed by atoms with Crippen LogP contribution in [-0.2, 0) is 11.2 Å². The molecule has 2 N–H and O–H groups in total. The van der Waals surface area contributed by atoms with Crippen molar-refractivity contribution in [2.24, 2.45) is 0 Å². The van der Waals surface area contributed by atoms with Gasteiger partial charge in [-0.25, -0.2) is 0 Å². The Hall–Kier alpha value is -3.41. The fourth-order valence-corrected chi connectivity index (χ4v) is 2.32. The number of anilines is 3. The zero-order valence-electron chi connectivity index (χ0n) is 13.8. The SMILES string of the molecule is COc1ccccc1Nc1ccc(NC(=O)Cc2ccccc2)nn1. The minimum Gasteiger partial charge on any atom is -0.495 e. The van der Waals surface area contributed by atoms with Gasteiger partial charge in [-0.1, -0.05) is 42.5 Å². The Morgan fingerprint density at radius 3 is 2.32 bits per heavy atom. The van der Waals surface area contributed by atoms with E-state index in [4.69, 9.17) is 4.74 Å². The highest BCUT2D eigenvalue weighted by atomic mass is 16.5. The molecule has 1 amide bonds. The molecule has 6 nitrogen and oxygen atoms in total. The molecule has 3 aromatic rings. The van der Waals surface area contributed by atoms with Crippen LogP contribution in [0.25, 0.3) is 0 Å². The van der Waals surface area contributed by atoms with Gasteiger partial charge in [-0.15, -0.1) is 10.2 Å². The molecule has 0 saturated carbocycles. The van der Waals surface area contributed by atoms with Crippen LogP contribution in [-0.4, -0.2) is 23.2 Å². The Balaban J connectivity index is 1.61. The van der Waals surface area contributed by atoms with Crippen LogP contribution in [0.3, 0.4) is 0 Å². The van der Waals surface area contributed by atoms with Crippen LogP contribution in [0.4, 0.5) is 17.3 Å². The van der Waals surface area contributed by atoms with Crippen LogP contribution < -0.4 is 15.4 Å². The van der Waals surface area contributed by atoms with Crippen LogP contribution >= 0.6 is 0 Å². The first-order chi connectivity index (χ1) is 12.2. The first-order valence-electron chi connectivity index (χ1n) is 7.82. The van der Waals surface area contributed by atoms with E-state index in [1.165, 1.54) is 0 Å². The van der Waals surface area contributed by atoms with Gasteiger partial charge in [0.1, 0.15) is 5.75 Å². The summed E-state index contributed by atoms with van der Waals surface area (Å²) in [5, 5.41) is 14.0. The monoisotopic (exact) mass is 334 g/mol. The normalized spacial score (nSPS) is 10.1. The van der Waals surface area contributed by atoms with Gasteiger partial charge < -0.3 is 15.4 Å². The van der Waals surface area contributed by atoms with Crippen LogP contribution in [0.15, 0.2) is 66.7 Å². The molecule has 0 saturated heterocycles. The van der Waals surface area contributed by atoms with Crippen molar-refractivity contribution in [2.75, 3.05) is 17.7 Å². The molecule has 0 aliphatic carbocycles. The highest BCUT2D eigenvalue weighted by molar-refractivity contribution is 5.91. The maximum atomic E-state index is 12.0. The number of para-hydroxylation sites is 2. The van der Waals surface area contributed by atoms with Gasteiger partial charge >= 0.3 is 0 Å². The van der Waals surface area contributed by atoms with Crippen molar-refractivity contribution < 1.29 is 9.53 Å². The summed E-state index contributed by atoms with van der Waals surface area (Å²) in [7, 11) is 1.61. The molecule has 0 spiro atoms. The molecule has 0 fully saturated rings. The molecule has 0 radical (unpaired) electrons. The molecule has 126 valence electrons. The standard InChI is InChI=1S/C19H18N4O2/c1-25-16-10-6-5-9-15(16)20-17-11-12-18(23-22-17)21-19(24)13-14-7-3-2-4-8-14/h2-12H,13H2,1H3,(H,20,22)(H,21,23,24). The third-order valence-electron chi connectivity index (χ3n) is 3.51. The maximum absolute atomic E-state index is 12.0. The molecule has 0 bridgehead atoms. The van der Waals surface area contributed by atoms with Crippen molar-refractivity contribution in [3.63, 3.8) is 0 Å². The molecule has 0 unspecified atom stereocenters. The van der Waals surface area contributed by atoms with Crippen LogP contribution in [0, 0.1) is 0 Å². The first kappa shape index (κ1) is 16.4. The maximum Gasteiger partial charge on any atom is 0.229 e. The van der Waals surface area contributed by atoms with Crippen LogP contribution in [0.2, 0.25) is 0 Å². The Morgan fingerprint density at radius 1 is 0.920 bits per heavy atom. The van der Waals surface area contributed by atoms with Gasteiger partial charge in [-0.05, 0) is 29.8 Å². The van der Waals surface area contributed by atoms with E-state index in [0.717, 1.165) is 11.3 Å². The van der Waals surface area contributed by atoms with Gasteiger partial charge in [0.2, 0.25) is 5.91 Å². The number of methoxy groups -OCH3 is 1. The highest BCUT2D eigenvalue weighted by Gasteiger charge is 2.07. The van der Waals surface area contributed by atoms with E-state index in [1.54, 1.807) is 19.2 Å². The second kappa shape index (κ2) is 7.92. The lowest BCUT2D eigenvalue weighted by Gasteiger charge is -2.10. The smallest absolute Gasteiger partial charge is 0.229 e. The Morgan fingerprint density at radius 2 is 1.60 bits per heavy atom. The third-order valence-corrected chi connectivity index (χ3v) is 3.51. The number of nitrogens with zero attached hydrogens (tertiary/aromatic N) is 2. The van der Waals surface area contributed by atoms with Crippen LogP contribution in [0.5, 0.6) is 5.75 Å². The molecule has 3 rings (SSSR count). The summed E-state index contributed by atoms with van der Waals surface area (Å²) in [5.41, 5.74) is 1.74. The number of carbonyl (C=O) groups is 1. The van der Waals surface area contributed by atoms with Gasteiger partial charge in [-0.3, -0.25) is 4.79 Å². The summed E-state index contributed by atoms with van der Waals surface area (Å²) in [4.78, 5) is 12.0. The average molecular weight is 334 g/mol. The van der Waals surface area contributed by atoms with Crippen molar-refractivity contribution in [1.29, 1.82) is 0 Å². The van der Waals surface area contributed by atoms with Gasteiger partial charge in [0.05, 0.1) is 19.2 Å². The van der Waals surface area contributed by atoms with Crippen molar-refractivity contribution in [3.05, 3.63) is 72.3 Å². The van der Waals surface area contributed by atoms with Gasteiger partial charge in [0.25, 0.3) is 0 Å². The molecule has 2 aromatic carbocycles. The molecule has 25 heavy (non-hydrogen) atoms. The summed E-state index contributed by atoms with van der Waals surface area (Å²) in [6.07, 6.45) is 0.295. The molecule has 0 atom stereocenters. The van der Waals surface area contributed by atoms with E-state index in [0.29, 0.717) is 23.8 Å². The van der Waals surface area contributed by atoms with Crippen LogP contribution in [0.1, 0.15) is 5.56 Å². The molecule has 6 heteroatoms. The van der Waals surface area contributed by atoms with Crippen molar-refractivity contribution in [1.82, 2.24) is 10.2 Å². The molecule has 0 aliphatic rings. The van der Waals surface area contributed by atoms with E-state index in [1.807, 2.05) is 54.6 Å². The average Bonchev–Trinajstić information content (AvgIpc) is 2.64. The van der Waals surface area contributed by atoms with Crippen molar-refractivity contribution in [2.45, 2.75) is 6.42 Å². The second-order valence-corrected chi connectivity index (χ2v) is 5.34.